The number of benzene rings is 1. The molecular weight excluding hydrogens is 368 g/mol. The van der Waals surface area contributed by atoms with Crippen LogP contribution in [0.3, 0.4) is 0 Å². The summed E-state index contributed by atoms with van der Waals surface area (Å²) in [6, 6.07) is 10.3. The summed E-state index contributed by atoms with van der Waals surface area (Å²) in [5.41, 5.74) is 1.22. The lowest BCUT2D eigenvalue weighted by molar-refractivity contribution is -0.137. The highest BCUT2D eigenvalue weighted by atomic mass is 32.2. The van der Waals surface area contributed by atoms with Gasteiger partial charge in [-0.05, 0) is 62.3 Å². The van der Waals surface area contributed by atoms with E-state index < -0.39 is 5.97 Å². The Hall–Kier alpha value is -1.26. The number of unbranched alkanes of at least 4 members (excludes halogenated alkanes) is 1. The van der Waals surface area contributed by atoms with Gasteiger partial charge >= 0.3 is 5.97 Å². The zero-order chi connectivity index (χ0) is 19.9. The summed E-state index contributed by atoms with van der Waals surface area (Å²) in [6.07, 6.45) is 11.8. The number of aliphatic carboxylic acids is 1. The molecule has 1 aromatic rings. The Labute approximate surface area is 173 Å². The van der Waals surface area contributed by atoms with Crippen molar-refractivity contribution in [2.24, 2.45) is 11.8 Å². The zero-order valence-corrected chi connectivity index (χ0v) is 17.7. The summed E-state index contributed by atoms with van der Waals surface area (Å²) in [5.74, 6) is 0.907. The van der Waals surface area contributed by atoms with Crippen LogP contribution < -0.4 is 0 Å². The Morgan fingerprint density at radius 3 is 2.61 bits per heavy atom. The maximum Gasteiger partial charge on any atom is 0.303 e. The zero-order valence-electron chi connectivity index (χ0n) is 16.9. The molecule has 0 amide bonds. The van der Waals surface area contributed by atoms with Gasteiger partial charge in [0.25, 0.3) is 0 Å². The molecule has 2 bridgehead atoms. The number of carbonyl (C=O) groups is 1. The van der Waals surface area contributed by atoms with E-state index in [0.29, 0.717) is 5.92 Å². The number of carboxylic acid groups (broad SMARTS) is 1. The van der Waals surface area contributed by atoms with Crippen LogP contribution in [-0.4, -0.2) is 32.8 Å². The summed E-state index contributed by atoms with van der Waals surface area (Å²) in [5, 5.41) is 21.0. The molecule has 2 N–H and O–H groups in total. The molecule has 28 heavy (non-hydrogen) atoms. The third kappa shape index (κ3) is 5.64. The van der Waals surface area contributed by atoms with Gasteiger partial charge in [-0.1, -0.05) is 49.4 Å². The molecule has 4 heteroatoms. The second kappa shape index (κ2) is 10.5. The fourth-order valence-electron chi connectivity index (χ4n) is 4.93. The lowest BCUT2D eigenvalue weighted by atomic mass is 9.74. The molecule has 6 atom stereocenters. The van der Waals surface area contributed by atoms with E-state index >= 15 is 0 Å². The highest BCUT2D eigenvalue weighted by molar-refractivity contribution is 8.01. The van der Waals surface area contributed by atoms with E-state index in [9.17, 15) is 9.90 Å². The van der Waals surface area contributed by atoms with Crippen LogP contribution in [0.1, 0.15) is 69.8 Å². The third-order valence-corrected chi connectivity index (χ3v) is 8.49. The Bertz CT molecular complexity index is 645. The van der Waals surface area contributed by atoms with Gasteiger partial charge in [0.05, 0.1) is 6.10 Å². The maximum absolute atomic E-state index is 10.7. The molecule has 154 valence electrons. The molecular formula is C24H34O3S. The van der Waals surface area contributed by atoms with E-state index in [0.717, 1.165) is 48.5 Å². The molecule has 0 spiro atoms. The van der Waals surface area contributed by atoms with Gasteiger partial charge < -0.3 is 10.2 Å². The van der Waals surface area contributed by atoms with Crippen LogP contribution in [0.2, 0.25) is 0 Å². The molecule has 0 aliphatic carbocycles. The van der Waals surface area contributed by atoms with Gasteiger partial charge in [0.1, 0.15) is 0 Å². The first-order chi connectivity index (χ1) is 13.6. The van der Waals surface area contributed by atoms with Crippen LogP contribution in [0.25, 0.3) is 0 Å². The van der Waals surface area contributed by atoms with Crippen LogP contribution >= 0.6 is 11.8 Å². The molecule has 2 saturated heterocycles. The van der Waals surface area contributed by atoms with Crippen LogP contribution in [-0.2, 0) is 4.79 Å². The fourth-order valence-corrected chi connectivity index (χ4v) is 6.98. The summed E-state index contributed by atoms with van der Waals surface area (Å²) in [6.45, 7) is 2.13. The van der Waals surface area contributed by atoms with Gasteiger partial charge in [0.2, 0.25) is 0 Å². The van der Waals surface area contributed by atoms with E-state index in [4.69, 9.17) is 5.11 Å². The Morgan fingerprint density at radius 2 is 1.89 bits per heavy atom. The summed E-state index contributed by atoms with van der Waals surface area (Å²) >= 11 is 2.18. The van der Waals surface area contributed by atoms with Crippen molar-refractivity contribution in [3.63, 3.8) is 0 Å². The lowest BCUT2D eigenvalue weighted by Crippen LogP contribution is -2.28. The van der Waals surface area contributed by atoms with Crippen molar-refractivity contribution in [1.82, 2.24) is 0 Å². The molecule has 2 aliphatic heterocycles. The van der Waals surface area contributed by atoms with Gasteiger partial charge in [-0.2, -0.15) is 11.8 Å². The number of carboxylic acids is 1. The second-order valence-corrected chi connectivity index (χ2v) is 9.94. The molecule has 3 nitrogen and oxygen atoms in total. The van der Waals surface area contributed by atoms with Gasteiger partial charge in [0, 0.05) is 22.8 Å². The minimum absolute atomic E-state index is 0.181. The van der Waals surface area contributed by atoms with Gasteiger partial charge in [0.15, 0.2) is 0 Å². The fraction of sp³-hybridized carbons (Fsp3) is 0.625. The van der Waals surface area contributed by atoms with E-state index in [1.165, 1.54) is 18.4 Å². The molecule has 2 unspecified atom stereocenters. The first kappa shape index (κ1) is 21.4. The van der Waals surface area contributed by atoms with Gasteiger partial charge in [-0.15, -0.1) is 0 Å². The van der Waals surface area contributed by atoms with Gasteiger partial charge in [-0.25, -0.2) is 0 Å². The molecule has 2 heterocycles. The number of aliphatic hydroxyl groups excluding tert-OH is 1. The number of thioether (sulfide) groups is 1. The molecule has 3 rings (SSSR count). The van der Waals surface area contributed by atoms with E-state index in [-0.39, 0.29) is 18.4 Å². The number of rotatable bonds is 11. The first-order valence-electron chi connectivity index (χ1n) is 10.8. The minimum Gasteiger partial charge on any atom is -0.481 e. The van der Waals surface area contributed by atoms with Crippen molar-refractivity contribution in [1.29, 1.82) is 0 Å². The minimum atomic E-state index is -0.707. The Morgan fingerprint density at radius 1 is 1.18 bits per heavy atom. The van der Waals surface area contributed by atoms with Crippen molar-refractivity contribution in [3.05, 3.63) is 48.0 Å². The van der Waals surface area contributed by atoms with Crippen molar-refractivity contribution in [2.75, 3.05) is 0 Å². The largest absolute Gasteiger partial charge is 0.481 e. The number of allylic oxidation sites excluding steroid dienone is 2. The molecule has 2 fully saturated rings. The van der Waals surface area contributed by atoms with E-state index in [1.807, 2.05) is 18.2 Å². The SMILES string of the molecule is CC(c1ccccc1)C(O)CC[C@@H]1[C@H](CC=CCCCC(=O)O)[C@@H]2CC[C@H]1S2. The van der Waals surface area contributed by atoms with Crippen molar-refractivity contribution in [2.45, 2.75) is 80.8 Å². The highest BCUT2D eigenvalue weighted by Crippen LogP contribution is 2.55. The smallest absolute Gasteiger partial charge is 0.303 e. The number of aliphatic hydroxyl groups is 1. The quantitative estimate of drug-likeness (QED) is 0.371. The Balaban J connectivity index is 1.47. The monoisotopic (exact) mass is 402 g/mol. The van der Waals surface area contributed by atoms with Crippen LogP contribution in [0.15, 0.2) is 42.5 Å². The van der Waals surface area contributed by atoms with Crippen LogP contribution in [0.5, 0.6) is 0 Å². The number of hydrogen-bond acceptors (Lipinski definition) is 3. The number of fused-ring (bicyclic) bond motifs is 2. The van der Waals surface area contributed by atoms with Gasteiger partial charge in [-0.3, -0.25) is 4.79 Å². The molecule has 0 saturated carbocycles. The first-order valence-corrected chi connectivity index (χ1v) is 11.8. The third-order valence-electron chi connectivity index (χ3n) is 6.62. The normalized spacial score (nSPS) is 28.6. The summed E-state index contributed by atoms with van der Waals surface area (Å²) in [7, 11) is 0. The second-order valence-electron chi connectivity index (χ2n) is 8.46. The van der Waals surface area contributed by atoms with Crippen molar-refractivity contribution in [3.8, 4) is 0 Å². The predicted molar refractivity (Wildman–Crippen MR) is 117 cm³/mol. The molecule has 0 aromatic heterocycles. The van der Waals surface area contributed by atoms with Crippen LogP contribution in [0.4, 0.5) is 0 Å². The summed E-state index contributed by atoms with van der Waals surface area (Å²) < 4.78 is 0. The summed E-state index contributed by atoms with van der Waals surface area (Å²) in [4.78, 5) is 10.6. The highest BCUT2D eigenvalue weighted by Gasteiger charge is 2.47. The topological polar surface area (TPSA) is 57.5 Å². The van der Waals surface area contributed by atoms with Crippen LogP contribution in [0, 0.1) is 11.8 Å². The Kier molecular flexibility index (Phi) is 8.04. The van der Waals surface area contributed by atoms with Crippen molar-refractivity contribution < 1.29 is 15.0 Å². The number of hydrogen-bond donors (Lipinski definition) is 2. The average Bonchev–Trinajstić information content (AvgIpc) is 3.30. The van der Waals surface area contributed by atoms with E-state index in [1.54, 1.807) is 0 Å². The predicted octanol–water partition coefficient (Wildman–Crippen LogP) is 5.64. The van der Waals surface area contributed by atoms with Crippen molar-refractivity contribution >= 4 is 17.7 Å². The maximum atomic E-state index is 10.7. The molecule has 1 aromatic carbocycles. The molecule has 0 radical (unpaired) electrons. The standard InChI is InChI=1S/C24H34O3S/c1-17(18-9-5-4-6-10-18)21(25)14-13-20-19(22-15-16-23(20)28-22)11-7-2-3-8-12-24(26)27/h2,4-7,9-10,17,19-23,25H,3,8,11-16H2,1H3,(H,26,27)/t17?,19-,20+,21?,22-,23+/m0/s1. The van der Waals surface area contributed by atoms with E-state index in [2.05, 4.69) is 43.0 Å². The lowest BCUT2D eigenvalue weighted by Gasteiger charge is -2.30. The molecule has 2 aliphatic rings. The average molecular weight is 403 g/mol.